The minimum Gasteiger partial charge on any atom is -0.355 e. The molecule has 0 bridgehead atoms. The van der Waals surface area contributed by atoms with Crippen LogP contribution in [-0.2, 0) is 0 Å². The van der Waals surface area contributed by atoms with Gasteiger partial charge < -0.3 is 15.1 Å². The molecule has 0 aromatic heterocycles. The highest BCUT2D eigenvalue weighted by molar-refractivity contribution is 5.80. The maximum Gasteiger partial charge on any atom is 0.193 e. The van der Waals surface area contributed by atoms with Gasteiger partial charge in [-0.05, 0) is 56.5 Å². The van der Waals surface area contributed by atoms with Gasteiger partial charge in [0.1, 0.15) is 0 Å². The fourth-order valence-corrected chi connectivity index (χ4v) is 4.52. The number of hydrogen-bond donors (Lipinski definition) is 1. The number of aliphatic imine (C=N–C) groups is 1. The molecular weight excluding hydrogens is 272 g/mol. The topological polar surface area (TPSA) is 30.9 Å². The third-order valence-electron chi connectivity index (χ3n) is 6.08. The summed E-state index contributed by atoms with van der Waals surface area (Å²) in [7, 11) is 1.94. The molecule has 4 heteroatoms. The minimum absolute atomic E-state index is 0.921. The average molecular weight is 306 g/mol. The monoisotopic (exact) mass is 306 g/mol. The molecule has 2 unspecified atom stereocenters. The quantitative estimate of drug-likeness (QED) is 0.642. The van der Waals surface area contributed by atoms with Crippen molar-refractivity contribution in [3.8, 4) is 0 Å². The summed E-state index contributed by atoms with van der Waals surface area (Å²) in [5, 5.41) is 3.61. The largest absolute Gasteiger partial charge is 0.355 e. The summed E-state index contributed by atoms with van der Waals surface area (Å²) in [6, 6.07) is 0. The first kappa shape index (κ1) is 16.1. The Morgan fingerprint density at radius 1 is 1.05 bits per heavy atom. The number of hydrogen-bond acceptors (Lipinski definition) is 2. The van der Waals surface area contributed by atoms with Gasteiger partial charge in [0.15, 0.2) is 5.96 Å². The molecule has 3 rings (SSSR count). The lowest BCUT2D eigenvalue weighted by atomic mass is 9.82. The first-order valence-corrected chi connectivity index (χ1v) is 9.44. The molecule has 0 spiro atoms. The molecular formula is C18H34N4. The zero-order chi connectivity index (χ0) is 15.4. The lowest BCUT2D eigenvalue weighted by Gasteiger charge is -2.30. The van der Waals surface area contributed by atoms with Crippen molar-refractivity contribution in [2.75, 3.05) is 46.3 Å². The van der Waals surface area contributed by atoms with Crippen molar-refractivity contribution in [2.24, 2.45) is 22.7 Å². The highest BCUT2D eigenvalue weighted by Gasteiger charge is 2.35. The highest BCUT2D eigenvalue weighted by Crippen LogP contribution is 2.35. The fourth-order valence-electron chi connectivity index (χ4n) is 4.52. The van der Waals surface area contributed by atoms with Gasteiger partial charge in [-0.2, -0.15) is 0 Å². The van der Waals surface area contributed by atoms with Gasteiger partial charge >= 0.3 is 0 Å². The van der Waals surface area contributed by atoms with Crippen molar-refractivity contribution in [2.45, 2.75) is 45.4 Å². The Morgan fingerprint density at radius 2 is 1.68 bits per heavy atom. The molecule has 4 nitrogen and oxygen atoms in total. The van der Waals surface area contributed by atoms with Crippen LogP contribution in [0.25, 0.3) is 0 Å². The van der Waals surface area contributed by atoms with Crippen LogP contribution in [0.5, 0.6) is 0 Å². The second-order valence-corrected chi connectivity index (χ2v) is 7.71. The number of piperidine rings is 1. The molecule has 1 N–H and O–H groups in total. The molecule has 1 saturated carbocycles. The molecule has 0 aromatic rings. The van der Waals surface area contributed by atoms with E-state index < -0.39 is 0 Å². The van der Waals surface area contributed by atoms with Gasteiger partial charge in [-0.1, -0.05) is 19.8 Å². The molecule has 0 aromatic carbocycles. The molecule has 22 heavy (non-hydrogen) atoms. The van der Waals surface area contributed by atoms with Crippen molar-refractivity contribution in [1.29, 1.82) is 0 Å². The second kappa shape index (κ2) is 7.67. The Kier molecular flexibility index (Phi) is 5.61. The van der Waals surface area contributed by atoms with Crippen LogP contribution in [0.15, 0.2) is 4.99 Å². The Hall–Kier alpha value is -0.770. The van der Waals surface area contributed by atoms with Gasteiger partial charge in [0.05, 0.1) is 0 Å². The Morgan fingerprint density at radius 3 is 2.27 bits per heavy atom. The zero-order valence-electron chi connectivity index (χ0n) is 14.6. The van der Waals surface area contributed by atoms with E-state index in [9.17, 15) is 0 Å². The maximum absolute atomic E-state index is 4.54. The second-order valence-electron chi connectivity index (χ2n) is 7.71. The molecule has 0 amide bonds. The highest BCUT2D eigenvalue weighted by atomic mass is 15.3. The van der Waals surface area contributed by atoms with E-state index in [0.29, 0.717) is 0 Å². The van der Waals surface area contributed by atoms with Crippen molar-refractivity contribution in [3.05, 3.63) is 0 Å². The van der Waals surface area contributed by atoms with Crippen LogP contribution < -0.4 is 5.32 Å². The molecule has 2 atom stereocenters. The normalized spacial score (nSPS) is 31.4. The SMILES string of the molecule is CN=C(NCCN1CCC(C)CC1)N1CC2CCCCC2C1. The number of guanidine groups is 1. The van der Waals surface area contributed by atoms with Crippen molar-refractivity contribution >= 4 is 5.96 Å². The summed E-state index contributed by atoms with van der Waals surface area (Å²) in [4.78, 5) is 9.65. The third-order valence-corrected chi connectivity index (χ3v) is 6.08. The van der Waals surface area contributed by atoms with E-state index in [-0.39, 0.29) is 0 Å². The van der Waals surface area contributed by atoms with Crippen LogP contribution in [0, 0.1) is 17.8 Å². The summed E-state index contributed by atoms with van der Waals surface area (Å²) in [5.41, 5.74) is 0. The van der Waals surface area contributed by atoms with Gasteiger partial charge in [0, 0.05) is 33.2 Å². The van der Waals surface area contributed by atoms with E-state index in [4.69, 9.17) is 0 Å². The van der Waals surface area contributed by atoms with E-state index in [1.807, 2.05) is 7.05 Å². The smallest absolute Gasteiger partial charge is 0.193 e. The predicted octanol–water partition coefficient (Wildman–Crippen LogP) is 2.42. The van der Waals surface area contributed by atoms with E-state index >= 15 is 0 Å². The van der Waals surface area contributed by atoms with Gasteiger partial charge in [-0.25, -0.2) is 0 Å². The molecule has 3 fully saturated rings. The van der Waals surface area contributed by atoms with Gasteiger partial charge in [0.2, 0.25) is 0 Å². The predicted molar refractivity (Wildman–Crippen MR) is 93.2 cm³/mol. The lowest BCUT2D eigenvalue weighted by Crippen LogP contribution is -2.44. The first-order chi connectivity index (χ1) is 10.8. The van der Waals surface area contributed by atoms with Crippen LogP contribution in [0.2, 0.25) is 0 Å². The summed E-state index contributed by atoms with van der Waals surface area (Å²) < 4.78 is 0. The fraction of sp³-hybridized carbons (Fsp3) is 0.944. The summed E-state index contributed by atoms with van der Waals surface area (Å²) in [5.74, 6) is 3.91. The van der Waals surface area contributed by atoms with E-state index in [1.54, 1.807) is 0 Å². The van der Waals surface area contributed by atoms with Crippen LogP contribution in [0.1, 0.15) is 45.4 Å². The van der Waals surface area contributed by atoms with E-state index in [2.05, 4.69) is 27.0 Å². The van der Waals surface area contributed by atoms with Crippen molar-refractivity contribution in [3.63, 3.8) is 0 Å². The number of rotatable bonds is 3. The van der Waals surface area contributed by atoms with Crippen LogP contribution >= 0.6 is 0 Å². The molecule has 1 aliphatic carbocycles. The first-order valence-electron chi connectivity index (χ1n) is 9.44. The summed E-state index contributed by atoms with van der Waals surface area (Å²) in [6.45, 7) is 9.57. The average Bonchev–Trinajstić information content (AvgIpc) is 2.97. The molecule has 2 aliphatic heterocycles. The van der Waals surface area contributed by atoms with Crippen molar-refractivity contribution in [1.82, 2.24) is 15.1 Å². The molecule has 2 heterocycles. The lowest BCUT2D eigenvalue weighted by molar-refractivity contribution is 0.195. The summed E-state index contributed by atoms with van der Waals surface area (Å²) in [6.07, 6.45) is 8.48. The zero-order valence-corrected chi connectivity index (χ0v) is 14.6. The maximum atomic E-state index is 4.54. The Bertz CT molecular complexity index is 359. The standard InChI is InChI=1S/C18H34N4/c1-15-7-10-21(11-8-15)12-9-20-18(19-2)22-13-16-5-3-4-6-17(16)14-22/h15-17H,3-14H2,1-2H3,(H,19,20). The number of nitrogens with one attached hydrogen (secondary N) is 1. The number of fused-ring (bicyclic) bond motifs is 1. The molecule has 0 radical (unpaired) electrons. The Balaban J connectivity index is 1.41. The van der Waals surface area contributed by atoms with Gasteiger partial charge in [-0.3, -0.25) is 4.99 Å². The number of nitrogens with zero attached hydrogens (tertiary/aromatic N) is 3. The van der Waals surface area contributed by atoms with Crippen LogP contribution in [0.4, 0.5) is 0 Å². The molecule has 2 saturated heterocycles. The number of likely N-dealkylation sites (tertiary alicyclic amines) is 2. The van der Waals surface area contributed by atoms with Crippen molar-refractivity contribution < 1.29 is 0 Å². The van der Waals surface area contributed by atoms with Crippen LogP contribution in [-0.4, -0.2) is 62.1 Å². The van der Waals surface area contributed by atoms with E-state index in [0.717, 1.165) is 36.8 Å². The summed E-state index contributed by atoms with van der Waals surface area (Å²) >= 11 is 0. The minimum atomic E-state index is 0.921. The van der Waals surface area contributed by atoms with Crippen LogP contribution in [0.3, 0.4) is 0 Å². The van der Waals surface area contributed by atoms with Gasteiger partial charge in [0.25, 0.3) is 0 Å². The van der Waals surface area contributed by atoms with Gasteiger partial charge in [-0.15, -0.1) is 0 Å². The Labute approximate surface area is 136 Å². The molecule has 3 aliphatic rings. The molecule has 126 valence electrons. The van der Waals surface area contributed by atoms with E-state index in [1.165, 1.54) is 64.7 Å². The third kappa shape index (κ3) is 3.95.